The molecule has 1 heterocycles. The van der Waals surface area contributed by atoms with Gasteiger partial charge >= 0.3 is 29.8 Å². The van der Waals surface area contributed by atoms with Gasteiger partial charge in [0.2, 0.25) is 18.2 Å². The third kappa shape index (κ3) is 11.6. The van der Waals surface area contributed by atoms with Crippen molar-refractivity contribution < 1.29 is 71.5 Å². The quantitative estimate of drug-likeness (QED) is 0.0627. The first-order valence-electron chi connectivity index (χ1n) is 19.2. The van der Waals surface area contributed by atoms with Gasteiger partial charge in [-0.2, -0.15) is 0 Å². The molecule has 2 aromatic rings. The Labute approximate surface area is 331 Å². The van der Waals surface area contributed by atoms with Gasteiger partial charge in [-0.3, -0.25) is 33.6 Å². The van der Waals surface area contributed by atoms with E-state index in [1.165, 1.54) is 38.1 Å². The van der Waals surface area contributed by atoms with E-state index in [4.69, 9.17) is 33.2 Å². The molecule has 1 aliphatic carbocycles. The topological polar surface area (TPSA) is 201 Å². The fourth-order valence-electron chi connectivity index (χ4n) is 6.55. The number of fused-ring (bicyclic) bond motifs is 2. The summed E-state index contributed by atoms with van der Waals surface area (Å²) >= 11 is 0. The van der Waals surface area contributed by atoms with Crippen molar-refractivity contribution >= 4 is 47.2 Å². The zero-order chi connectivity index (χ0) is 42.0. The molecule has 2 aromatic carbocycles. The van der Waals surface area contributed by atoms with Crippen molar-refractivity contribution in [1.29, 1.82) is 0 Å². The Kier molecular flexibility index (Phi) is 15.6. The Balaban J connectivity index is 1.79. The number of esters is 5. The van der Waals surface area contributed by atoms with Crippen molar-refractivity contribution in [3.63, 3.8) is 0 Å². The first-order valence-corrected chi connectivity index (χ1v) is 19.2. The summed E-state index contributed by atoms with van der Waals surface area (Å²) in [6.07, 6.45) is -2.90. The molecule has 0 bridgehead atoms. The fourth-order valence-corrected chi connectivity index (χ4v) is 6.55. The lowest BCUT2D eigenvalue weighted by Crippen LogP contribution is -2.62. The normalized spacial score (nSPS) is 19.7. The summed E-state index contributed by atoms with van der Waals surface area (Å²) in [5.41, 5.74) is -0.140. The fraction of sp³-hybridized carbons (Fsp3) is 0.524. The minimum Gasteiger partial charge on any atom is -0.461 e. The molecule has 5 atom stereocenters. The number of hydrogen-bond donors (Lipinski definition) is 0. The molecule has 2 aliphatic rings. The van der Waals surface area contributed by atoms with Crippen molar-refractivity contribution in [3.8, 4) is 17.2 Å². The van der Waals surface area contributed by atoms with Crippen LogP contribution in [0.5, 0.6) is 17.2 Å². The van der Waals surface area contributed by atoms with Crippen molar-refractivity contribution in [3.05, 3.63) is 52.1 Å². The molecule has 4 rings (SSSR count). The van der Waals surface area contributed by atoms with Crippen LogP contribution in [0.15, 0.2) is 24.3 Å². The van der Waals surface area contributed by atoms with Crippen LogP contribution in [-0.4, -0.2) is 77.9 Å². The lowest BCUT2D eigenvalue weighted by atomic mass is 9.82. The van der Waals surface area contributed by atoms with E-state index < -0.39 is 72.1 Å². The van der Waals surface area contributed by atoms with Crippen LogP contribution in [0.4, 0.5) is 0 Å². The monoisotopic (exact) mass is 794 g/mol. The van der Waals surface area contributed by atoms with Crippen LogP contribution in [0, 0.1) is 6.92 Å². The molecule has 0 saturated carbocycles. The number of ether oxygens (including phenoxy) is 7. The summed E-state index contributed by atoms with van der Waals surface area (Å²) in [4.78, 5) is 104. The van der Waals surface area contributed by atoms with Crippen LogP contribution in [0.25, 0.3) is 0 Å². The van der Waals surface area contributed by atoms with Crippen molar-refractivity contribution in [2.24, 2.45) is 0 Å². The Bertz CT molecular complexity index is 1900. The lowest BCUT2D eigenvalue weighted by Gasteiger charge is -2.43. The molecule has 0 aromatic heterocycles. The van der Waals surface area contributed by atoms with E-state index in [1.54, 1.807) is 6.92 Å². The smallest absolute Gasteiger partial charge is 0.311 e. The van der Waals surface area contributed by atoms with Gasteiger partial charge in [0.05, 0.1) is 23.7 Å². The van der Waals surface area contributed by atoms with Crippen LogP contribution in [0.3, 0.4) is 0 Å². The maximum atomic E-state index is 14.4. The number of carbonyl (C=O) groups excluding carboxylic acids is 8. The van der Waals surface area contributed by atoms with Gasteiger partial charge in [0.15, 0.2) is 18.0 Å². The van der Waals surface area contributed by atoms with Crippen LogP contribution >= 0.6 is 0 Å². The van der Waals surface area contributed by atoms with E-state index in [2.05, 4.69) is 0 Å². The van der Waals surface area contributed by atoms with Gasteiger partial charge in [0, 0.05) is 50.3 Å². The van der Waals surface area contributed by atoms with E-state index in [-0.39, 0.29) is 71.0 Å². The third-order valence-corrected chi connectivity index (χ3v) is 9.21. The maximum Gasteiger partial charge on any atom is 0.311 e. The molecule has 0 radical (unpaired) electrons. The first-order chi connectivity index (χ1) is 27.0. The number of ketones is 3. The molecule has 15 heteroatoms. The van der Waals surface area contributed by atoms with E-state index in [0.29, 0.717) is 18.4 Å². The van der Waals surface area contributed by atoms with Crippen LogP contribution < -0.4 is 14.2 Å². The van der Waals surface area contributed by atoms with Gasteiger partial charge in [-0.15, -0.1) is 0 Å². The summed E-state index contributed by atoms with van der Waals surface area (Å²) < 4.78 is 40.2. The number of carbonyl (C=O) groups is 8. The van der Waals surface area contributed by atoms with Crippen LogP contribution in [0.2, 0.25) is 0 Å². The number of aryl methyl sites for hydroxylation is 1. The number of rotatable bonds is 18. The van der Waals surface area contributed by atoms with Gasteiger partial charge in [0.1, 0.15) is 23.0 Å². The number of benzene rings is 2. The highest BCUT2D eigenvalue weighted by Gasteiger charge is 2.52. The zero-order valence-electron chi connectivity index (χ0n) is 33.4. The summed E-state index contributed by atoms with van der Waals surface area (Å²) in [6, 6.07) is 5.41. The minimum absolute atomic E-state index is 0.000602. The molecule has 308 valence electrons. The van der Waals surface area contributed by atoms with E-state index in [1.807, 2.05) is 13.8 Å². The standard InChI is InChI=1S/C42H50O15/c1-8-10-12-14-32(46)55-30-19-22(3)18-28-35(30)38(50)36-29(37(28)49)20-27(21-31(36)56-33(47)15-13-11-9-2)54-42-41(53-26(7)45)40(52-25(6)44)39(24(5)51-42)57-34(48)17-16-23(4)43/h18-21,24,39-42H,8-17H2,1-7H3/t24-,39-,40+,41+,42-/m0/s1. The Morgan fingerprint density at radius 2 is 1.16 bits per heavy atom. The highest BCUT2D eigenvalue weighted by atomic mass is 16.7. The van der Waals surface area contributed by atoms with E-state index >= 15 is 0 Å². The van der Waals surface area contributed by atoms with Gasteiger partial charge in [-0.05, 0) is 57.4 Å². The summed E-state index contributed by atoms with van der Waals surface area (Å²) in [5, 5.41) is 0. The average Bonchev–Trinajstić information content (AvgIpc) is 3.12. The second-order valence-electron chi connectivity index (χ2n) is 14.2. The Morgan fingerprint density at radius 1 is 0.614 bits per heavy atom. The second-order valence-corrected chi connectivity index (χ2v) is 14.2. The highest BCUT2D eigenvalue weighted by Crippen LogP contribution is 2.42. The predicted octanol–water partition coefficient (Wildman–Crippen LogP) is 6.01. The molecular weight excluding hydrogens is 744 g/mol. The molecular formula is C42H50O15. The largest absolute Gasteiger partial charge is 0.461 e. The van der Waals surface area contributed by atoms with Gasteiger partial charge in [-0.25, -0.2) is 0 Å². The molecule has 57 heavy (non-hydrogen) atoms. The second kappa shape index (κ2) is 20.1. The van der Waals surface area contributed by atoms with Crippen LogP contribution in [0.1, 0.15) is 143 Å². The molecule has 1 fully saturated rings. The highest BCUT2D eigenvalue weighted by molar-refractivity contribution is 6.30. The molecule has 0 amide bonds. The van der Waals surface area contributed by atoms with Crippen molar-refractivity contribution in [2.45, 2.75) is 143 Å². The third-order valence-electron chi connectivity index (χ3n) is 9.21. The van der Waals surface area contributed by atoms with E-state index in [9.17, 15) is 38.4 Å². The zero-order valence-corrected chi connectivity index (χ0v) is 33.4. The summed E-state index contributed by atoms with van der Waals surface area (Å²) in [6.45, 7) is 10.6. The van der Waals surface area contributed by atoms with Crippen molar-refractivity contribution in [2.75, 3.05) is 0 Å². The molecule has 0 unspecified atom stereocenters. The molecule has 0 spiro atoms. The number of Topliss-reactive ketones (excluding diaryl/α,β-unsaturated/α-hetero) is 1. The summed E-state index contributed by atoms with van der Waals surface area (Å²) in [7, 11) is 0. The summed E-state index contributed by atoms with van der Waals surface area (Å²) in [5.74, 6) is -5.95. The van der Waals surface area contributed by atoms with E-state index in [0.717, 1.165) is 39.5 Å². The first kappa shape index (κ1) is 44.3. The Morgan fingerprint density at radius 3 is 1.70 bits per heavy atom. The van der Waals surface area contributed by atoms with Crippen molar-refractivity contribution in [1.82, 2.24) is 0 Å². The predicted molar refractivity (Wildman–Crippen MR) is 200 cm³/mol. The SMILES string of the molecule is CCCCCC(=O)Oc1cc(C)cc2c1C(=O)c1c(OC(=O)CCCCC)cc(O[C@@H]3O[C@@H](C)[C@H](OC(=O)CCC(C)=O)[C@@H](OC(C)=O)[C@H]3OC(C)=O)cc1C2=O. The lowest BCUT2D eigenvalue weighted by molar-refractivity contribution is -0.280. The molecule has 0 N–H and O–H groups in total. The van der Waals surface area contributed by atoms with Gasteiger partial charge in [0.25, 0.3) is 0 Å². The molecule has 1 saturated heterocycles. The van der Waals surface area contributed by atoms with Crippen LogP contribution in [-0.2, 0) is 47.7 Å². The van der Waals surface area contributed by atoms with Gasteiger partial charge < -0.3 is 38.0 Å². The number of hydrogen-bond acceptors (Lipinski definition) is 15. The average molecular weight is 795 g/mol. The van der Waals surface area contributed by atoms with Gasteiger partial charge in [-0.1, -0.05) is 39.5 Å². The number of unbranched alkanes of at least 4 members (excludes halogenated alkanes) is 4. The molecule has 1 aliphatic heterocycles. The Hall–Kier alpha value is -5.44. The maximum absolute atomic E-state index is 14.4. The molecule has 15 nitrogen and oxygen atoms in total. The minimum atomic E-state index is -1.57.